The number of carbonyl (C=O) groups is 1. The minimum absolute atomic E-state index is 0.115. The monoisotopic (exact) mass is 270 g/mol. The SMILES string of the molecule is CCN(Cc1cccc(C)n1)C(=O)c1ccc(N)cn1. The van der Waals surface area contributed by atoms with Crippen molar-refractivity contribution in [3.63, 3.8) is 0 Å². The van der Waals surface area contributed by atoms with E-state index in [0.717, 1.165) is 11.4 Å². The average molecular weight is 270 g/mol. The second kappa shape index (κ2) is 6.14. The predicted octanol–water partition coefficient (Wildman–Crippen LogP) is 2.03. The Bertz CT molecular complexity index is 595. The van der Waals surface area contributed by atoms with E-state index >= 15 is 0 Å². The molecule has 0 unspecified atom stereocenters. The van der Waals surface area contributed by atoms with Crippen LogP contribution >= 0.6 is 0 Å². The molecule has 5 heteroatoms. The van der Waals surface area contributed by atoms with Gasteiger partial charge in [0.2, 0.25) is 0 Å². The third kappa shape index (κ3) is 3.32. The van der Waals surface area contributed by atoms with Gasteiger partial charge in [-0.25, -0.2) is 4.98 Å². The number of aromatic nitrogens is 2. The molecule has 104 valence electrons. The van der Waals surface area contributed by atoms with Crippen molar-refractivity contribution in [2.75, 3.05) is 12.3 Å². The van der Waals surface area contributed by atoms with Crippen LogP contribution in [0.2, 0.25) is 0 Å². The second-order valence-electron chi connectivity index (χ2n) is 4.57. The molecule has 2 N–H and O–H groups in total. The Kier molecular flexibility index (Phi) is 4.30. The summed E-state index contributed by atoms with van der Waals surface area (Å²) in [4.78, 5) is 22.6. The zero-order chi connectivity index (χ0) is 14.5. The molecule has 0 radical (unpaired) electrons. The molecule has 2 heterocycles. The van der Waals surface area contributed by atoms with Gasteiger partial charge in [-0.15, -0.1) is 0 Å². The molecule has 0 spiro atoms. The minimum Gasteiger partial charge on any atom is -0.397 e. The number of amides is 1. The summed E-state index contributed by atoms with van der Waals surface area (Å²) in [6, 6.07) is 9.11. The first-order valence-electron chi connectivity index (χ1n) is 6.53. The lowest BCUT2D eigenvalue weighted by Crippen LogP contribution is -2.31. The topological polar surface area (TPSA) is 72.1 Å². The molecule has 2 aromatic rings. The van der Waals surface area contributed by atoms with Gasteiger partial charge in [0.1, 0.15) is 5.69 Å². The van der Waals surface area contributed by atoms with Gasteiger partial charge in [-0.3, -0.25) is 9.78 Å². The summed E-state index contributed by atoms with van der Waals surface area (Å²) in [5.41, 5.74) is 8.33. The molecule has 0 fully saturated rings. The van der Waals surface area contributed by atoms with Crippen molar-refractivity contribution >= 4 is 11.6 Å². The van der Waals surface area contributed by atoms with Crippen LogP contribution in [0.5, 0.6) is 0 Å². The number of anilines is 1. The van der Waals surface area contributed by atoms with Crippen LogP contribution in [0.15, 0.2) is 36.5 Å². The van der Waals surface area contributed by atoms with Gasteiger partial charge in [-0.2, -0.15) is 0 Å². The van der Waals surface area contributed by atoms with Crippen molar-refractivity contribution < 1.29 is 4.79 Å². The van der Waals surface area contributed by atoms with Crippen molar-refractivity contribution in [2.24, 2.45) is 0 Å². The second-order valence-corrected chi connectivity index (χ2v) is 4.57. The summed E-state index contributed by atoms with van der Waals surface area (Å²) < 4.78 is 0. The van der Waals surface area contributed by atoms with E-state index in [1.807, 2.05) is 32.0 Å². The highest BCUT2D eigenvalue weighted by Gasteiger charge is 2.16. The fourth-order valence-electron chi connectivity index (χ4n) is 1.90. The van der Waals surface area contributed by atoms with E-state index in [-0.39, 0.29) is 5.91 Å². The quantitative estimate of drug-likeness (QED) is 0.922. The number of hydrogen-bond donors (Lipinski definition) is 1. The van der Waals surface area contributed by atoms with E-state index < -0.39 is 0 Å². The normalized spacial score (nSPS) is 10.3. The lowest BCUT2D eigenvalue weighted by Gasteiger charge is -2.20. The van der Waals surface area contributed by atoms with Crippen molar-refractivity contribution in [3.05, 3.63) is 53.6 Å². The van der Waals surface area contributed by atoms with Crippen LogP contribution in [0, 0.1) is 6.92 Å². The van der Waals surface area contributed by atoms with E-state index in [9.17, 15) is 4.79 Å². The van der Waals surface area contributed by atoms with Gasteiger partial charge in [-0.1, -0.05) is 6.07 Å². The predicted molar refractivity (Wildman–Crippen MR) is 78.0 cm³/mol. The van der Waals surface area contributed by atoms with Crippen molar-refractivity contribution in [1.82, 2.24) is 14.9 Å². The lowest BCUT2D eigenvalue weighted by atomic mass is 10.2. The number of hydrogen-bond acceptors (Lipinski definition) is 4. The fourth-order valence-corrected chi connectivity index (χ4v) is 1.90. The smallest absolute Gasteiger partial charge is 0.272 e. The number of pyridine rings is 2. The molecule has 2 rings (SSSR count). The highest BCUT2D eigenvalue weighted by molar-refractivity contribution is 5.92. The summed E-state index contributed by atoms with van der Waals surface area (Å²) in [6.07, 6.45) is 1.49. The summed E-state index contributed by atoms with van der Waals surface area (Å²) in [6.45, 7) is 4.94. The molecule has 0 saturated heterocycles. The number of nitrogen functional groups attached to an aromatic ring is 1. The van der Waals surface area contributed by atoms with Crippen molar-refractivity contribution in [2.45, 2.75) is 20.4 Å². The van der Waals surface area contributed by atoms with Gasteiger partial charge in [0.15, 0.2) is 0 Å². The van der Waals surface area contributed by atoms with Gasteiger partial charge in [0.05, 0.1) is 24.1 Å². The lowest BCUT2D eigenvalue weighted by molar-refractivity contribution is 0.0744. The Labute approximate surface area is 118 Å². The van der Waals surface area contributed by atoms with E-state index in [2.05, 4.69) is 9.97 Å². The highest BCUT2D eigenvalue weighted by Crippen LogP contribution is 2.09. The maximum Gasteiger partial charge on any atom is 0.272 e. The van der Waals surface area contributed by atoms with E-state index in [4.69, 9.17) is 5.73 Å². The maximum atomic E-state index is 12.4. The molecular formula is C15H18N4O. The Morgan fingerprint density at radius 3 is 2.70 bits per heavy atom. The number of rotatable bonds is 4. The van der Waals surface area contributed by atoms with Crippen LogP contribution in [0.25, 0.3) is 0 Å². The molecule has 0 aliphatic rings. The Morgan fingerprint density at radius 2 is 2.10 bits per heavy atom. The molecule has 20 heavy (non-hydrogen) atoms. The first-order chi connectivity index (χ1) is 9.60. The summed E-state index contributed by atoms with van der Waals surface area (Å²) in [5.74, 6) is -0.115. The Hall–Kier alpha value is -2.43. The molecule has 0 aliphatic heterocycles. The molecule has 0 atom stereocenters. The summed E-state index contributed by atoms with van der Waals surface area (Å²) in [5, 5.41) is 0. The minimum atomic E-state index is -0.115. The average Bonchev–Trinajstić information content (AvgIpc) is 2.45. The van der Waals surface area contributed by atoms with Gasteiger partial charge >= 0.3 is 0 Å². The van der Waals surface area contributed by atoms with Gasteiger partial charge in [0, 0.05) is 12.2 Å². The highest BCUT2D eigenvalue weighted by atomic mass is 16.2. The third-order valence-electron chi connectivity index (χ3n) is 2.97. The third-order valence-corrected chi connectivity index (χ3v) is 2.97. The molecule has 0 saturated carbocycles. The van der Waals surface area contributed by atoms with Gasteiger partial charge in [0.25, 0.3) is 5.91 Å². The van der Waals surface area contributed by atoms with E-state index in [0.29, 0.717) is 24.5 Å². The van der Waals surface area contributed by atoms with Crippen LogP contribution in [0.4, 0.5) is 5.69 Å². The summed E-state index contributed by atoms with van der Waals surface area (Å²) in [7, 11) is 0. The van der Waals surface area contributed by atoms with Gasteiger partial charge in [-0.05, 0) is 38.1 Å². The molecule has 5 nitrogen and oxygen atoms in total. The van der Waals surface area contributed by atoms with Crippen LogP contribution in [0.3, 0.4) is 0 Å². The zero-order valence-corrected chi connectivity index (χ0v) is 11.7. The van der Waals surface area contributed by atoms with Gasteiger partial charge < -0.3 is 10.6 Å². The van der Waals surface area contributed by atoms with E-state index in [1.54, 1.807) is 17.0 Å². The summed E-state index contributed by atoms with van der Waals surface area (Å²) >= 11 is 0. The van der Waals surface area contributed by atoms with Crippen molar-refractivity contribution in [1.29, 1.82) is 0 Å². The van der Waals surface area contributed by atoms with E-state index in [1.165, 1.54) is 6.20 Å². The molecular weight excluding hydrogens is 252 g/mol. The first-order valence-corrected chi connectivity index (χ1v) is 6.53. The first kappa shape index (κ1) is 14.0. The maximum absolute atomic E-state index is 12.4. The number of nitrogens with two attached hydrogens (primary N) is 1. The standard InChI is InChI=1S/C15H18N4O/c1-3-19(10-13-6-4-5-11(2)18-13)15(20)14-8-7-12(16)9-17-14/h4-9H,3,10,16H2,1-2H3. The van der Waals surface area contributed by atoms with Crippen molar-refractivity contribution in [3.8, 4) is 0 Å². The molecule has 0 bridgehead atoms. The Balaban J connectivity index is 2.15. The number of carbonyl (C=O) groups excluding carboxylic acids is 1. The molecule has 0 aliphatic carbocycles. The number of aryl methyl sites for hydroxylation is 1. The fraction of sp³-hybridized carbons (Fsp3) is 0.267. The molecule has 1 amide bonds. The largest absolute Gasteiger partial charge is 0.397 e. The number of nitrogens with zero attached hydrogens (tertiary/aromatic N) is 3. The van der Waals surface area contributed by atoms with Crippen LogP contribution in [-0.2, 0) is 6.54 Å². The molecule has 0 aromatic carbocycles. The van der Waals surface area contributed by atoms with Crippen LogP contribution in [0.1, 0.15) is 28.8 Å². The molecule has 2 aromatic heterocycles. The zero-order valence-electron chi connectivity index (χ0n) is 11.7. The Morgan fingerprint density at radius 1 is 1.30 bits per heavy atom. The van der Waals surface area contributed by atoms with Crippen LogP contribution < -0.4 is 5.73 Å². The van der Waals surface area contributed by atoms with Crippen LogP contribution in [-0.4, -0.2) is 27.3 Å².